The smallest absolute Gasteiger partial charge is 0.303 e. The fourth-order valence-electron chi connectivity index (χ4n) is 1.31. The topological polar surface area (TPSA) is 76.5 Å². The molecule has 0 saturated carbocycles. The monoisotopic (exact) mass is 261 g/mol. The number of nitrogens with zero attached hydrogens (tertiary/aromatic N) is 1. The van der Waals surface area contributed by atoms with E-state index in [0.717, 1.165) is 6.92 Å². The summed E-state index contributed by atoms with van der Waals surface area (Å²) in [6, 6.07) is 2.78. The molecule has 0 aliphatic heterocycles. The Morgan fingerprint density at radius 3 is 2.76 bits per heavy atom. The molecule has 1 aromatic heterocycles. The lowest BCUT2D eigenvalue weighted by molar-refractivity contribution is -0.150. The number of ether oxygens (including phenoxy) is 1. The highest BCUT2D eigenvalue weighted by molar-refractivity contribution is 7.79. The Morgan fingerprint density at radius 2 is 2.29 bits per heavy atom. The van der Waals surface area contributed by atoms with Crippen LogP contribution in [-0.4, -0.2) is 25.9 Å². The first-order valence-corrected chi connectivity index (χ1v) is 5.91. The molecular formula is C10H12FNO4S. The predicted octanol–water partition coefficient (Wildman–Crippen LogP) is 1.62. The maximum absolute atomic E-state index is 13.4. The fourth-order valence-corrected chi connectivity index (χ4v) is 1.85. The van der Waals surface area contributed by atoms with E-state index in [1.807, 2.05) is 0 Å². The molecule has 1 N–H and O–H groups in total. The van der Waals surface area contributed by atoms with E-state index in [1.54, 1.807) is 0 Å². The van der Waals surface area contributed by atoms with Crippen LogP contribution in [0.4, 0.5) is 4.39 Å². The van der Waals surface area contributed by atoms with Crippen molar-refractivity contribution in [2.45, 2.75) is 31.0 Å². The highest BCUT2D eigenvalue weighted by Crippen LogP contribution is 2.26. The Morgan fingerprint density at radius 1 is 1.65 bits per heavy atom. The number of carbonyl (C=O) groups is 1. The van der Waals surface area contributed by atoms with E-state index in [9.17, 15) is 13.4 Å². The molecule has 3 unspecified atom stereocenters. The van der Waals surface area contributed by atoms with Crippen molar-refractivity contribution in [1.82, 2.24) is 4.98 Å². The van der Waals surface area contributed by atoms with Gasteiger partial charge in [-0.3, -0.25) is 9.78 Å². The molecule has 0 amide bonds. The average molecular weight is 261 g/mol. The Hall–Kier alpha value is -1.34. The number of alkyl halides is 1. The van der Waals surface area contributed by atoms with Gasteiger partial charge in [0.05, 0.1) is 4.90 Å². The van der Waals surface area contributed by atoms with Crippen molar-refractivity contribution in [2.75, 3.05) is 0 Å². The minimum Gasteiger partial charge on any atom is -0.453 e. The predicted molar refractivity (Wildman–Crippen MR) is 58.4 cm³/mol. The van der Waals surface area contributed by atoms with Crippen LogP contribution in [0.3, 0.4) is 0 Å². The number of esters is 1. The molecular weight excluding hydrogens is 249 g/mol. The fraction of sp³-hybridized carbons (Fsp3) is 0.400. The van der Waals surface area contributed by atoms with Crippen LogP contribution in [0.5, 0.6) is 0 Å². The summed E-state index contributed by atoms with van der Waals surface area (Å²) in [4.78, 5) is 14.6. The first-order valence-electron chi connectivity index (χ1n) is 4.80. The third-order valence-electron chi connectivity index (χ3n) is 1.97. The second-order valence-electron chi connectivity index (χ2n) is 3.34. The summed E-state index contributed by atoms with van der Waals surface area (Å²) < 4.78 is 38.2. The highest BCUT2D eigenvalue weighted by Gasteiger charge is 2.27. The molecule has 0 aromatic carbocycles. The van der Waals surface area contributed by atoms with E-state index in [1.165, 1.54) is 25.3 Å². The molecule has 0 fully saturated rings. The van der Waals surface area contributed by atoms with Gasteiger partial charge in [-0.05, 0) is 19.1 Å². The quantitative estimate of drug-likeness (QED) is 0.658. The molecule has 0 saturated heterocycles. The van der Waals surface area contributed by atoms with Gasteiger partial charge in [0.2, 0.25) is 0 Å². The molecule has 0 bridgehead atoms. The van der Waals surface area contributed by atoms with Gasteiger partial charge in [-0.1, -0.05) is 0 Å². The van der Waals surface area contributed by atoms with Crippen molar-refractivity contribution in [3.8, 4) is 0 Å². The summed E-state index contributed by atoms with van der Waals surface area (Å²) in [5.41, 5.74) is -0.0430. The van der Waals surface area contributed by atoms with Crippen molar-refractivity contribution >= 4 is 17.0 Å². The van der Waals surface area contributed by atoms with Crippen LogP contribution in [0.2, 0.25) is 0 Å². The van der Waals surface area contributed by atoms with Gasteiger partial charge in [0, 0.05) is 13.1 Å². The van der Waals surface area contributed by atoms with Crippen molar-refractivity contribution in [3.05, 3.63) is 24.0 Å². The first kappa shape index (κ1) is 13.7. The second kappa shape index (κ2) is 5.83. The third-order valence-corrected chi connectivity index (χ3v) is 2.69. The first-order chi connectivity index (χ1) is 7.93. The Bertz CT molecular complexity index is 438. The Kier molecular flexibility index (Phi) is 4.71. The summed E-state index contributed by atoms with van der Waals surface area (Å²) in [7, 11) is 0. The lowest BCUT2D eigenvalue weighted by Gasteiger charge is -2.19. The van der Waals surface area contributed by atoms with Gasteiger partial charge in [0.1, 0.15) is 11.9 Å². The van der Waals surface area contributed by atoms with Crippen LogP contribution in [0.15, 0.2) is 23.2 Å². The zero-order valence-corrected chi connectivity index (χ0v) is 10.1. The van der Waals surface area contributed by atoms with Gasteiger partial charge in [-0.25, -0.2) is 8.60 Å². The molecule has 1 rings (SSSR count). The number of halogens is 1. The SMILES string of the molecule is CC(=O)OC(c1ncccc1S(=O)O)C(C)F. The summed E-state index contributed by atoms with van der Waals surface area (Å²) in [5, 5.41) is 0. The van der Waals surface area contributed by atoms with Crippen LogP contribution in [0.1, 0.15) is 25.6 Å². The van der Waals surface area contributed by atoms with Gasteiger partial charge in [0.15, 0.2) is 17.2 Å². The summed E-state index contributed by atoms with van der Waals surface area (Å²) in [5.74, 6) is -0.681. The molecule has 0 spiro atoms. The zero-order valence-electron chi connectivity index (χ0n) is 9.29. The number of carbonyl (C=O) groups excluding carboxylic acids is 1. The lowest BCUT2D eigenvalue weighted by atomic mass is 10.1. The van der Waals surface area contributed by atoms with Crippen LogP contribution in [-0.2, 0) is 20.6 Å². The van der Waals surface area contributed by atoms with Gasteiger partial charge in [-0.2, -0.15) is 0 Å². The van der Waals surface area contributed by atoms with Crippen molar-refractivity contribution < 1.29 is 22.7 Å². The minimum atomic E-state index is -2.31. The molecule has 1 aromatic rings. The number of hydrogen-bond donors (Lipinski definition) is 1. The van der Waals surface area contributed by atoms with Gasteiger partial charge in [-0.15, -0.1) is 0 Å². The maximum Gasteiger partial charge on any atom is 0.303 e. The number of aromatic nitrogens is 1. The molecule has 7 heteroatoms. The van der Waals surface area contributed by atoms with Gasteiger partial charge >= 0.3 is 5.97 Å². The molecule has 0 aliphatic carbocycles. The highest BCUT2D eigenvalue weighted by atomic mass is 32.2. The maximum atomic E-state index is 13.4. The van der Waals surface area contributed by atoms with E-state index in [-0.39, 0.29) is 10.6 Å². The Labute approximate surface area is 100 Å². The third kappa shape index (κ3) is 3.57. The molecule has 0 radical (unpaired) electrons. The molecule has 1 heterocycles. The molecule has 17 heavy (non-hydrogen) atoms. The number of hydrogen-bond acceptors (Lipinski definition) is 4. The van der Waals surface area contributed by atoms with Crippen LogP contribution < -0.4 is 0 Å². The van der Waals surface area contributed by atoms with E-state index in [4.69, 9.17) is 9.29 Å². The minimum absolute atomic E-state index is 0.0430. The summed E-state index contributed by atoms with van der Waals surface area (Å²) in [6.45, 7) is 2.32. The van der Waals surface area contributed by atoms with Gasteiger partial charge in [0.25, 0.3) is 0 Å². The summed E-state index contributed by atoms with van der Waals surface area (Å²) >= 11 is -2.31. The van der Waals surface area contributed by atoms with Crippen LogP contribution in [0.25, 0.3) is 0 Å². The summed E-state index contributed by atoms with van der Waals surface area (Å²) in [6.07, 6.45) is -1.47. The normalized spacial score (nSPS) is 16.0. The lowest BCUT2D eigenvalue weighted by Crippen LogP contribution is -2.20. The van der Waals surface area contributed by atoms with Crippen molar-refractivity contribution in [1.29, 1.82) is 0 Å². The molecule has 94 valence electrons. The van der Waals surface area contributed by atoms with E-state index in [2.05, 4.69) is 4.98 Å². The van der Waals surface area contributed by atoms with E-state index < -0.39 is 29.3 Å². The van der Waals surface area contributed by atoms with Crippen LogP contribution in [0, 0.1) is 0 Å². The van der Waals surface area contributed by atoms with E-state index >= 15 is 0 Å². The van der Waals surface area contributed by atoms with Crippen molar-refractivity contribution in [3.63, 3.8) is 0 Å². The zero-order chi connectivity index (χ0) is 13.0. The van der Waals surface area contributed by atoms with Crippen molar-refractivity contribution in [2.24, 2.45) is 0 Å². The second-order valence-corrected chi connectivity index (χ2v) is 4.28. The largest absolute Gasteiger partial charge is 0.453 e. The molecule has 0 aliphatic rings. The molecule has 5 nitrogen and oxygen atoms in total. The number of pyridine rings is 1. The van der Waals surface area contributed by atoms with Gasteiger partial charge < -0.3 is 9.29 Å². The Balaban J connectivity index is 3.18. The van der Waals surface area contributed by atoms with Crippen LogP contribution >= 0.6 is 0 Å². The van der Waals surface area contributed by atoms with E-state index in [0.29, 0.717) is 0 Å². The standard InChI is InChI=1S/C10H12FNO4S/c1-6(11)10(16-7(2)13)9-8(17(14)15)4-3-5-12-9/h3-6,10H,1-2H3,(H,14,15). The molecule has 3 atom stereocenters. The average Bonchev–Trinajstić information content (AvgIpc) is 2.25. The number of rotatable bonds is 4.